The van der Waals surface area contributed by atoms with Crippen LogP contribution in [0.2, 0.25) is 0 Å². The predicted molar refractivity (Wildman–Crippen MR) is 79.8 cm³/mol. The van der Waals surface area contributed by atoms with Crippen molar-refractivity contribution in [3.8, 4) is 5.75 Å². The van der Waals surface area contributed by atoms with Crippen molar-refractivity contribution in [1.82, 2.24) is 10.3 Å². The number of pyridine rings is 1. The van der Waals surface area contributed by atoms with Crippen LogP contribution in [0.3, 0.4) is 0 Å². The Morgan fingerprint density at radius 1 is 1.20 bits per heavy atom. The fourth-order valence-electron chi connectivity index (χ4n) is 2.71. The first kappa shape index (κ1) is 13.1. The number of ether oxygens (including phenoxy) is 1. The van der Waals surface area contributed by atoms with E-state index in [0.29, 0.717) is 12.0 Å². The summed E-state index contributed by atoms with van der Waals surface area (Å²) in [4.78, 5) is 4.04. The zero-order chi connectivity index (χ0) is 13.8. The van der Waals surface area contributed by atoms with Crippen molar-refractivity contribution in [2.45, 2.75) is 31.3 Å². The first-order valence-corrected chi connectivity index (χ1v) is 7.11. The van der Waals surface area contributed by atoms with Crippen LogP contribution in [0, 0.1) is 0 Å². The number of nitrogens with zero attached hydrogens (tertiary/aromatic N) is 1. The molecule has 1 fully saturated rings. The highest BCUT2D eigenvalue weighted by atomic mass is 16.5. The van der Waals surface area contributed by atoms with Crippen molar-refractivity contribution in [1.29, 1.82) is 0 Å². The quantitative estimate of drug-likeness (QED) is 0.904. The fraction of sp³-hybridized carbons (Fsp3) is 0.353. The Kier molecular flexibility index (Phi) is 3.97. The van der Waals surface area contributed by atoms with Crippen LogP contribution in [-0.2, 0) is 6.54 Å². The average Bonchev–Trinajstić information content (AvgIpc) is 2.47. The molecule has 104 valence electrons. The summed E-state index contributed by atoms with van der Waals surface area (Å²) in [6, 6.07) is 13.2. The molecule has 0 saturated heterocycles. The molecule has 0 amide bonds. The molecule has 0 aliphatic heterocycles. The highest BCUT2D eigenvalue weighted by molar-refractivity contribution is 5.32. The first-order chi connectivity index (χ1) is 9.85. The molecule has 1 aromatic carbocycles. The summed E-state index contributed by atoms with van der Waals surface area (Å²) in [5.41, 5.74) is 2.69. The Hall–Kier alpha value is -1.87. The largest absolute Gasteiger partial charge is 0.497 e. The highest BCUT2D eigenvalue weighted by Crippen LogP contribution is 2.38. The van der Waals surface area contributed by atoms with Gasteiger partial charge < -0.3 is 10.1 Å². The number of hydrogen-bond acceptors (Lipinski definition) is 3. The van der Waals surface area contributed by atoms with E-state index in [9.17, 15) is 0 Å². The van der Waals surface area contributed by atoms with Crippen molar-refractivity contribution in [3.05, 3.63) is 59.9 Å². The average molecular weight is 268 g/mol. The van der Waals surface area contributed by atoms with E-state index >= 15 is 0 Å². The minimum atomic E-state index is 0.624. The monoisotopic (exact) mass is 268 g/mol. The molecule has 0 atom stereocenters. The lowest BCUT2D eigenvalue weighted by Crippen LogP contribution is -2.39. The van der Waals surface area contributed by atoms with E-state index in [2.05, 4.69) is 40.6 Å². The van der Waals surface area contributed by atoms with Gasteiger partial charge in [-0.1, -0.05) is 12.1 Å². The Bertz CT molecular complexity index is 550. The number of methoxy groups -OCH3 is 1. The van der Waals surface area contributed by atoms with Crippen LogP contribution in [0.15, 0.2) is 48.8 Å². The van der Waals surface area contributed by atoms with Gasteiger partial charge in [0, 0.05) is 25.0 Å². The lowest BCUT2D eigenvalue weighted by molar-refractivity contribution is 0.289. The van der Waals surface area contributed by atoms with Crippen LogP contribution < -0.4 is 10.1 Å². The molecule has 1 saturated carbocycles. The molecule has 0 radical (unpaired) electrons. The molecule has 3 rings (SSSR count). The summed E-state index contributed by atoms with van der Waals surface area (Å²) in [6.45, 7) is 0.929. The highest BCUT2D eigenvalue weighted by Gasteiger charge is 2.29. The van der Waals surface area contributed by atoms with Gasteiger partial charge in [-0.25, -0.2) is 0 Å². The zero-order valence-corrected chi connectivity index (χ0v) is 11.8. The maximum Gasteiger partial charge on any atom is 0.119 e. The molecule has 1 aliphatic carbocycles. The van der Waals surface area contributed by atoms with Crippen LogP contribution >= 0.6 is 0 Å². The van der Waals surface area contributed by atoms with Gasteiger partial charge in [0.2, 0.25) is 0 Å². The summed E-state index contributed by atoms with van der Waals surface area (Å²) < 4.78 is 5.28. The topological polar surface area (TPSA) is 34.1 Å². The van der Waals surface area contributed by atoms with Gasteiger partial charge >= 0.3 is 0 Å². The molecule has 3 nitrogen and oxygen atoms in total. The zero-order valence-electron chi connectivity index (χ0n) is 11.8. The number of rotatable bonds is 5. The lowest BCUT2D eigenvalue weighted by Gasteiger charge is -2.36. The lowest BCUT2D eigenvalue weighted by atomic mass is 9.76. The van der Waals surface area contributed by atoms with Gasteiger partial charge in [-0.15, -0.1) is 0 Å². The third-order valence-corrected chi connectivity index (χ3v) is 4.05. The molecule has 1 heterocycles. The van der Waals surface area contributed by atoms with E-state index in [0.717, 1.165) is 12.3 Å². The normalized spacial score (nSPS) is 21.2. The maximum absolute atomic E-state index is 5.28. The fourth-order valence-corrected chi connectivity index (χ4v) is 2.71. The molecule has 1 aliphatic rings. The van der Waals surface area contributed by atoms with Gasteiger partial charge in [0.05, 0.1) is 7.11 Å². The van der Waals surface area contributed by atoms with Crippen molar-refractivity contribution in [2.75, 3.05) is 7.11 Å². The number of benzene rings is 1. The molecular formula is C17H20N2O. The molecule has 1 N–H and O–H groups in total. The maximum atomic E-state index is 5.28. The SMILES string of the molecule is COc1cccc(C2CC(NCc3ccncc3)C2)c1. The van der Waals surface area contributed by atoms with Gasteiger partial charge in [0.1, 0.15) is 5.75 Å². The van der Waals surface area contributed by atoms with Crippen molar-refractivity contribution in [2.24, 2.45) is 0 Å². The third-order valence-electron chi connectivity index (χ3n) is 4.05. The summed E-state index contributed by atoms with van der Waals surface area (Å²) >= 11 is 0. The number of nitrogens with one attached hydrogen (secondary N) is 1. The second-order valence-electron chi connectivity index (χ2n) is 5.38. The van der Waals surface area contributed by atoms with Crippen molar-refractivity contribution in [3.63, 3.8) is 0 Å². The first-order valence-electron chi connectivity index (χ1n) is 7.11. The van der Waals surface area contributed by atoms with Crippen molar-refractivity contribution < 1.29 is 4.74 Å². The number of hydrogen-bond donors (Lipinski definition) is 1. The number of aromatic nitrogens is 1. The summed E-state index contributed by atoms with van der Waals surface area (Å²) in [7, 11) is 1.72. The Balaban J connectivity index is 1.49. The van der Waals surface area contributed by atoms with Crippen molar-refractivity contribution >= 4 is 0 Å². The molecular weight excluding hydrogens is 248 g/mol. The molecule has 0 unspecified atom stereocenters. The van der Waals surface area contributed by atoms with Gasteiger partial charge in [0.25, 0.3) is 0 Å². The molecule has 3 heteroatoms. The second-order valence-corrected chi connectivity index (χ2v) is 5.38. The van der Waals surface area contributed by atoms with E-state index in [-0.39, 0.29) is 0 Å². The van der Waals surface area contributed by atoms with E-state index in [1.54, 1.807) is 7.11 Å². The summed E-state index contributed by atoms with van der Waals surface area (Å²) in [5, 5.41) is 3.60. The van der Waals surface area contributed by atoms with Gasteiger partial charge in [-0.05, 0) is 54.2 Å². The van der Waals surface area contributed by atoms with Gasteiger partial charge in [-0.3, -0.25) is 4.98 Å². The third kappa shape index (κ3) is 2.99. The molecule has 0 spiro atoms. The molecule has 2 aromatic rings. The second kappa shape index (κ2) is 6.06. The van der Waals surface area contributed by atoms with E-state index in [4.69, 9.17) is 4.74 Å². The standard InChI is InChI=1S/C17H20N2O/c1-20-17-4-2-3-14(11-17)15-9-16(10-15)19-12-13-5-7-18-8-6-13/h2-8,11,15-16,19H,9-10,12H2,1H3. The Morgan fingerprint density at radius 3 is 2.75 bits per heavy atom. The molecule has 0 bridgehead atoms. The minimum absolute atomic E-state index is 0.624. The van der Waals surface area contributed by atoms with E-state index < -0.39 is 0 Å². The van der Waals surface area contributed by atoms with Crippen LogP contribution in [-0.4, -0.2) is 18.1 Å². The smallest absolute Gasteiger partial charge is 0.119 e. The predicted octanol–water partition coefficient (Wildman–Crippen LogP) is 3.13. The molecule has 20 heavy (non-hydrogen) atoms. The Morgan fingerprint density at radius 2 is 2.00 bits per heavy atom. The van der Waals surface area contributed by atoms with E-state index in [1.165, 1.54) is 24.0 Å². The minimum Gasteiger partial charge on any atom is -0.497 e. The van der Waals surface area contributed by atoms with Crippen LogP contribution in [0.25, 0.3) is 0 Å². The Labute approximate surface area is 120 Å². The summed E-state index contributed by atoms with van der Waals surface area (Å²) in [6.07, 6.45) is 6.10. The van der Waals surface area contributed by atoms with Crippen LogP contribution in [0.5, 0.6) is 5.75 Å². The van der Waals surface area contributed by atoms with E-state index in [1.807, 2.05) is 18.5 Å². The van der Waals surface area contributed by atoms with Crippen LogP contribution in [0.4, 0.5) is 0 Å². The van der Waals surface area contributed by atoms with Gasteiger partial charge in [0.15, 0.2) is 0 Å². The van der Waals surface area contributed by atoms with Gasteiger partial charge in [-0.2, -0.15) is 0 Å². The molecule has 1 aromatic heterocycles. The van der Waals surface area contributed by atoms with Crippen LogP contribution in [0.1, 0.15) is 29.9 Å². The summed E-state index contributed by atoms with van der Waals surface area (Å²) in [5.74, 6) is 1.62.